The second-order valence-corrected chi connectivity index (χ2v) is 5.99. The van der Waals surface area contributed by atoms with Crippen LogP contribution in [0.25, 0.3) is 10.9 Å². The normalized spacial score (nSPS) is 12.0. The van der Waals surface area contributed by atoms with Crippen LogP contribution in [0.2, 0.25) is 5.02 Å². The first-order chi connectivity index (χ1) is 11.9. The number of benzene rings is 2. The zero-order valence-electron chi connectivity index (χ0n) is 13.7. The topological polar surface area (TPSA) is 75.5 Å². The number of carbonyl (C=O) groups is 1. The Morgan fingerprint density at radius 3 is 2.56 bits per heavy atom. The third-order valence-electron chi connectivity index (χ3n) is 3.77. The number of hydrogen-bond acceptors (Lipinski definition) is 5. The molecule has 0 aliphatic carbocycles. The van der Waals surface area contributed by atoms with E-state index in [1.165, 1.54) is 6.92 Å². The maximum atomic E-state index is 10.8. The third kappa shape index (κ3) is 3.80. The van der Waals surface area contributed by atoms with E-state index in [0.717, 1.165) is 16.6 Å². The second kappa shape index (κ2) is 6.94. The Bertz CT molecular complexity index is 915. The molecule has 6 nitrogen and oxygen atoms in total. The molecule has 0 saturated heterocycles. The average molecular weight is 358 g/mol. The summed E-state index contributed by atoms with van der Waals surface area (Å²) in [5, 5.41) is 18.9. The summed E-state index contributed by atoms with van der Waals surface area (Å²) in [6.07, 6.45) is -0.901. The maximum Gasteiger partial charge on any atom is 0.344 e. The lowest BCUT2D eigenvalue weighted by atomic mass is 10.2. The van der Waals surface area contributed by atoms with Crippen molar-refractivity contribution in [3.05, 3.63) is 53.6 Å². The molecule has 25 heavy (non-hydrogen) atoms. The average Bonchev–Trinajstić information content (AvgIpc) is 2.61. The van der Waals surface area contributed by atoms with Crippen LogP contribution in [0.3, 0.4) is 0 Å². The lowest BCUT2D eigenvalue weighted by Gasteiger charge is -2.19. The van der Waals surface area contributed by atoms with Crippen LogP contribution in [0.4, 0.5) is 11.5 Å². The summed E-state index contributed by atoms with van der Waals surface area (Å²) in [6, 6.07) is 14.5. The predicted octanol–water partition coefficient (Wildman–Crippen LogP) is 3.90. The van der Waals surface area contributed by atoms with Crippen molar-refractivity contribution in [2.45, 2.75) is 13.0 Å². The van der Waals surface area contributed by atoms with Crippen molar-refractivity contribution in [3.63, 3.8) is 0 Å². The Balaban J connectivity index is 1.81. The van der Waals surface area contributed by atoms with Gasteiger partial charge in [0.15, 0.2) is 11.9 Å². The molecular formula is C18H16ClN3O3. The second-order valence-electron chi connectivity index (χ2n) is 5.56. The summed E-state index contributed by atoms with van der Waals surface area (Å²) in [6.45, 7) is 1.49. The highest BCUT2D eigenvalue weighted by Crippen LogP contribution is 2.26. The number of aromatic nitrogens is 2. The molecule has 0 fully saturated rings. The SMILES string of the molecule is CC(Oc1ccc(N(C)c2cc3ccc(Cl)cc3nn2)cc1)C(=O)O. The van der Waals surface area contributed by atoms with Crippen LogP contribution in [-0.2, 0) is 4.79 Å². The quantitative estimate of drug-likeness (QED) is 0.746. The first-order valence-corrected chi connectivity index (χ1v) is 7.98. The molecular weight excluding hydrogens is 342 g/mol. The van der Waals surface area contributed by atoms with Crippen molar-refractivity contribution < 1.29 is 14.6 Å². The van der Waals surface area contributed by atoms with Crippen LogP contribution in [0, 0.1) is 0 Å². The van der Waals surface area contributed by atoms with Gasteiger partial charge in [0, 0.05) is 23.1 Å². The summed E-state index contributed by atoms with van der Waals surface area (Å²) in [5.74, 6) is 0.168. The molecule has 0 radical (unpaired) electrons. The first kappa shape index (κ1) is 17.0. The highest BCUT2D eigenvalue weighted by atomic mass is 35.5. The molecule has 0 aliphatic rings. The molecule has 128 valence electrons. The molecule has 0 saturated carbocycles. The molecule has 2 aromatic carbocycles. The number of fused-ring (bicyclic) bond motifs is 1. The molecule has 0 bridgehead atoms. The Kier molecular flexibility index (Phi) is 4.72. The maximum absolute atomic E-state index is 10.8. The summed E-state index contributed by atoms with van der Waals surface area (Å²) in [5.41, 5.74) is 1.61. The Morgan fingerprint density at radius 1 is 1.16 bits per heavy atom. The minimum atomic E-state index is -1.01. The number of halogens is 1. The number of anilines is 2. The zero-order chi connectivity index (χ0) is 18.0. The summed E-state index contributed by atoms with van der Waals surface area (Å²) < 4.78 is 5.33. The first-order valence-electron chi connectivity index (χ1n) is 7.60. The van der Waals surface area contributed by atoms with Gasteiger partial charge in [-0.25, -0.2) is 4.79 Å². The van der Waals surface area contributed by atoms with Gasteiger partial charge in [0.05, 0.1) is 5.52 Å². The Labute approximate surface area is 149 Å². The highest BCUT2D eigenvalue weighted by Gasteiger charge is 2.13. The van der Waals surface area contributed by atoms with Crippen molar-refractivity contribution in [2.75, 3.05) is 11.9 Å². The largest absolute Gasteiger partial charge is 0.479 e. The van der Waals surface area contributed by atoms with Gasteiger partial charge in [0.25, 0.3) is 0 Å². The van der Waals surface area contributed by atoms with Gasteiger partial charge >= 0.3 is 5.97 Å². The van der Waals surface area contributed by atoms with Crippen molar-refractivity contribution in [1.82, 2.24) is 10.2 Å². The Hall–Kier alpha value is -2.86. The van der Waals surface area contributed by atoms with Crippen LogP contribution >= 0.6 is 11.6 Å². The van der Waals surface area contributed by atoms with Gasteiger partial charge in [0.1, 0.15) is 5.75 Å². The van der Waals surface area contributed by atoms with Crippen molar-refractivity contribution >= 4 is 40.0 Å². The summed E-state index contributed by atoms with van der Waals surface area (Å²) in [4.78, 5) is 12.7. The number of carboxylic acids is 1. The summed E-state index contributed by atoms with van der Waals surface area (Å²) in [7, 11) is 1.88. The van der Waals surface area contributed by atoms with Gasteiger partial charge in [-0.05, 0) is 49.4 Å². The monoisotopic (exact) mass is 357 g/mol. The van der Waals surface area contributed by atoms with E-state index in [0.29, 0.717) is 16.6 Å². The lowest BCUT2D eigenvalue weighted by molar-refractivity contribution is -0.144. The number of carboxylic acid groups (broad SMARTS) is 1. The van der Waals surface area contributed by atoms with Gasteiger partial charge < -0.3 is 14.7 Å². The van der Waals surface area contributed by atoms with Gasteiger partial charge in [-0.2, -0.15) is 0 Å². The minimum absolute atomic E-state index is 0.492. The van der Waals surface area contributed by atoms with Gasteiger partial charge in [-0.1, -0.05) is 17.7 Å². The minimum Gasteiger partial charge on any atom is -0.479 e. The van der Waals surface area contributed by atoms with E-state index < -0.39 is 12.1 Å². The van der Waals surface area contributed by atoms with Crippen LogP contribution < -0.4 is 9.64 Å². The van der Waals surface area contributed by atoms with Crippen LogP contribution in [0.5, 0.6) is 5.75 Å². The van der Waals surface area contributed by atoms with Gasteiger partial charge in [0.2, 0.25) is 0 Å². The van der Waals surface area contributed by atoms with Gasteiger partial charge in [-0.15, -0.1) is 10.2 Å². The van der Waals surface area contributed by atoms with Crippen molar-refractivity contribution in [1.29, 1.82) is 0 Å². The lowest BCUT2D eigenvalue weighted by Crippen LogP contribution is -2.22. The number of hydrogen-bond donors (Lipinski definition) is 1. The number of aliphatic carboxylic acids is 1. The molecule has 1 aromatic heterocycles. The molecule has 1 unspecified atom stereocenters. The van der Waals surface area contributed by atoms with E-state index in [1.807, 2.05) is 42.3 Å². The zero-order valence-corrected chi connectivity index (χ0v) is 14.4. The van der Waals surface area contributed by atoms with E-state index in [1.54, 1.807) is 18.2 Å². The molecule has 7 heteroatoms. The standard InChI is InChI=1S/C18H16ClN3O3/c1-11(18(23)24)25-15-7-5-14(6-8-15)22(2)17-9-12-3-4-13(19)10-16(12)20-21-17/h3-11H,1-2H3,(H,23,24). The molecule has 0 aliphatic heterocycles. The van der Waals surface area contributed by atoms with E-state index >= 15 is 0 Å². The van der Waals surface area contributed by atoms with Gasteiger partial charge in [-0.3, -0.25) is 0 Å². The molecule has 1 atom stereocenters. The molecule has 3 aromatic rings. The number of rotatable bonds is 5. The van der Waals surface area contributed by atoms with E-state index in [-0.39, 0.29) is 0 Å². The molecule has 0 spiro atoms. The number of ether oxygens (including phenoxy) is 1. The fourth-order valence-corrected chi connectivity index (χ4v) is 2.46. The number of nitrogens with zero attached hydrogens (tertiary/aromatic N) is 3. The van der Waals surface area contributed by atoms with Crippen LogP contribution in [-0.4, -0.2) is 34.4 Å². The Morgan fingerprint density at radius 2 is 1.88 bits per heavy atom. The smallest absolute Gasteiger partial charge is 0.344 e. The fraction of sp³-hybridized carbons (Fsp3) is 0.167. The van der Waals surface area contributed by atoms with Crippen LogP contribution in [0.1, 0.15) is 6.92 Å². The van der Waals surface area contributed by atoms with E-state index in [2.05, 4.69) is 10.2 Å². The molecule has 1 heterocycles. The fourth-order valence-electron chi connectivity index (χ4n) is 2.30. The molecule has 0 amide bonds. The van der Waals surface area contributed by atoms with E-state index in [4.69, 9.17) is 21.4 Å². The van der Waals surface area contributed by atoms with Crippen molar-refractivity contribution in [2.24, 2.45) is 0 Å². The van der Waals surface area contributed by atoms with Crippen LogP contribution in [0.15, 0.2) is 48.5 Å². The van der Waals surface area contributed by atoms with Crippen molar-refractivity contribution in [3.8, 4) is 5.75 Å². The molecule has 1 N–H and O–H groups in total. The highest BCUT2D eigenvalue weighted by molar-refractivity contribution is 6.31. The summed E-state index contributed by atoms with van der Waals surface area (Å²) >= 11 is 5.96. The molecule has 3 rings (SSSR count). The third-order valence-corrected chi connectivity index (χ3v) is 4.00. The van der Waals surface area contributed by atoms with E-state index in [9.17, 15) is 4.79 Å². The predicted molar refractivity (Wildman–Crippen MR) is 96.8 cm³/mol.